The molecule has 2 rings (SSSR count). The van der Waals surface area contributed by atoms with Crippen LogP contribution in [0.25, 0.3) is 0 Å². The Bertz CT molecular complexity index is 378. The van der Waals surface area contributed by atoms with Crippen LogP contribution in [-0.2, 0) is 0 Å². The van der Waals surface area contributed by atoms with E-state index in [9.17, 15) is 0 Å². The normalized spacial score (nSPS) is 23.6. The van der Waals surface area contributed by atoms with Crippen molar-refractivity contribution >= 4 is 11.4 Å². The minimum absolute atomic E-state index is 0.687. The van der Waals surface area contributed by atoms with Gasteiger partial charge in [-0.15, -0.1) is 0 Å². The summed E-state index contributed by atoms with van der Waals surface area (Å²) in [4.78, 5) is 0. The molecule has 0 aliphatic heterocycles. The van der Waals surface area contributed by atoms with Crippen molar-refractivity contribution in [3.8, 4) is 5.75 Å². The van der Waals surface area contributed by atoms with Crippen LogP contribution in [0.5, 0.6) is 5.75 Å². The van der Waals surface area contributed by atoms with Crippen molar-refractivity contribution in [2.45, 2.75) is 26.2 Å². The lowest BCUT2D eigenvalue weighted by molar-refractivity contribution is 0.417. The van der Waals surface area contributed by atoms with Crippen LogP contribution in [0.3, 0.4) is 0 Å². The van der Waals surface area contributed by atoms with Gasteiger partial charge in [0.2, 0.25) is 0 Å². The van der Waals surface area contributed by atoms with E-state index in [4.69, 9.17) is 10.5 Å². The highest BCUT2D eigenvalue weighted by molar-refractivity contribution is 5.61. The van der Waals surface area contributed by atoms with E-state index in [1.54, 1.807) is 7.11 Å². The molecule has 17 heavy (non-hydrogen) atoms. The fraction of sp³-hybridized carbons (Fsp3) is 0.571. The topological polar surface area (TPSA) is 47.3 Å². The SMILES string of the molecule is COc1cc(NCC2CCCC2C)ccc1N. The predicted molar refractivity (Wildman–Crippen MR) is 72.4 cm³/mol. The molecule has 3 heteroatoms. The van der Waals surface area contributed by atoms with Crippen LogP contribution in [0.1, 0.15) is 26.2 Å². The van der Waals surface area contributed by atoms with Crippen LogP contribution in [0.2, 0.25) is 0 Å². The number of nitrogens with two attached hydrogens (primary N) is 1. The Morgan fingerprint density at radius 3 is 2.88 bits per heavy atom. The highest BCUT2D eigenvalue weighted by Gasteiger charge is 2.22. The van der Waals surface area contributed by atoms with Crippen molar-refractivity contribution < 1.29 is 4.74 Å². The lowest BCUT2D eigenvalue weighted by Gasteiger charge is -2.17. The van der Waals surface area contributed by atoms with Gasteiger partial charge in [-0.2, -0.15) is 0 Å². The molecule has 3 nitrogen and oxygen atoms in total. The fourth-order valence-electron chi connectivity index (χ4n) is 2.60. The summed E-state index contributed by atoms with van der Waals surface area (Å²) >= 11 is 0. The standard InChI is InChI=1S/C14H22N2O/c1-10-4-3-5-11(10)9-16-12-6-7-13(15)14(8-12)17-2/h6-8,10-11,16H,3-5,9,15H2,1-2H3. The Labute approximate surface area is 103 Å². The van der Waals surface area contributed by atoms with Gasteiger partial charge in [-0.25, -0.2) is 0 Å². The lowest BCUT2D eigenvalue weighted by Crippen LogP contribution is -2.16. The second-order valence-electron chi connectivity index (χ2n) is 5.01. The Morgan fingerprint density at radius 2 is 2.24 bits per heavy atom. The third-order valence-electron chi connectivity index (χ3n) is 3.84. The van der Waals surface area contributed by atoms with Crippen LogP contribution in [-0.4, -0.2) is 13.7 Å². The zero-order valence-electron chi connectivity index (χ0n) is 10.7. The Kier molecular flexibility index (Phi) is 3.77. The molecule has 0 spiro atoms. The summed E-state index contributed by atoms with van der Waals surface area (Å²) in [6, 6.07) is 5.87. The number of methoxy groups -OCH3 is 1. The molecule has 94 valence electrons. The zero-order valence-corrected chi connectivity index (χ0v) is 10.7. The molecule has 0 amide bonds. The van der Waals surface area contributed by atoms with Crippen molar-refractivity contribution in [3.05, 3.63) is 18.2 Å². The quantitative estimate of drug-likeness (QED) is 0.787. The van der Waals surface area contributed by atoms with Gasteiger partial charge >= 0.3 is 0 Å². The van der Waals surface area contributed by atoms with Crippen LogP contribution < -0.4 is 15.8 Å². The number of hydrogen-bond donors (Lipinski definition) is 2. The van der Waals surface area contributed by atoms with Crippen molar-refractivity contribution in [3.63, 3.8) is 0 Å². The van der Waals surface area contributed by atoms with Crippen LogP contribution in [0, 0.1) is 11.8 Å². The third-order valence-corrected chi connectivity index (χ3v) is 3.84. The number of benzene rings is 1. The molecule has 1 fully saturated rings. The largest absolute Gasteiger partial charge is 0.495 e. The van der Waals surface area contributed by atoms with Gasteiger partial charge in [-0.05, 0) is 30.4 Å². The average Bonchev–Trinajstić information content (AvgIpc) is 2.74. The van der Waals surface area contributed by atoms with Crippen LogP contribution in [0.4, 0.5) is 11.4 Å². The lowest BCUT2D eigenvalue weighted by atomic mass is 9.98. The minimum Gasteiger partial charge on any atom is -0.495 e. The average molecular weight is 234 g/mol. The van der Waals surface area contributed by atoms with E-state index < -0.39 is 0 Å². The van der Waals surface area contributed by atoms with Gasteiger partial charge in [-0.3, -0.25) is 0 Å². The summed E-state index contributed by atoms with van der Waals surface area (Å²) in [5.41, 5.74) is 7.57. The molecule has 0 bridgehead atoms. The summed E-state index contributed by atoms with van der Waals surface area (Å²) in [5.74, 6) is 2.39. The first-order valence-electron chi connectivity index (χ1n) is 6.38. The molecule has 2 unspecified atom stereocenters. The molecule has 3 N–H and O–H groups in total. The van der Waals surface area contributed by atoms with Crippen LogP contribution in [0.15, 0.2) is 18.2 Å². The second-order valence-corrected chi connectivity index (χ2v) is 5.01. The van der Waals surface area contributed by atoms with Crippen molar-refractivity contribution in [2.75, 3.05) is 24.7 Å². The van der Waals surface area contributed by atoms with E-state index in [0.29, 0.717) is 5.69 Å². The minimum atomic E-state index is 0.687. The number of nitrogen functional groups attached to an aromatic ring is 1. The van der Waals surface area contributed by atoms with Gasteiger partial charge in [0.05, 0.1) is 12.8 Å². The Morgan fingerprint density at radius 1 is 1.41 bits per heavy atom. The van der Waals surface area contributed by atoms with Crippen LogP contribution >= 0.6 is 0 Å². The van der Waals surface area contributed by atoms with Gasteiger partial charge in [0.1, 0.15) is 5.75 Å². The van der Waals surface area contributed by atoms with Gasteiger partial charge in [0.25, 0.3) is 0 Å². The molecule has 0 saturated heterocycles. The molecule has 0 heterocycles. The monoisotopic (exact) mass is 234 g/mol. The molecule has 1 aromatic rings. The molecule has 2 atom stereocenters. The highest BCUT2D eigenvalue weighted by Crippen LogP contribution is 2.32. The number of hydrogen-bond acceptors (Lipinski definition) is 3. The summed E-state index contributed by atoms with van der Waals surface area (Å²) < 4.78 is 5.21. The second kappa shape index (κ2) is 5.30. The first-order chi connectivity index (χ1) is 8.20. The first-order valence-corrected chi connectivity index (χ1v) is 6.38. The highest BCUT2D eigenvalue weighted by atomic mass is 16.5. The van der Waals surface area contributed by atoms with E-state index in [1.165, 1.54) is 19.3 Å². The van der Waals surface area contributed by atoms with Gasteiger partial charge < -0.3 is 15.8 Å². The number of anilines is 2. The summed E-state index contributed by atoms with van der Waals surface area (Å²) in [6.45, 7) is 3.40. The van der Waals surface area contributed by atoms with Crippen molar-refractivity contribution in [1.29, 1.82) is 0 Å². The fourth-order valence-corrected chi connectivity index (χ4v) is 2.60. The number of nitrogens with one attached hydrogen (secondary N) is 1. The van der Waals surface area contributed by atoms with E-state index in [1.807, 2.05) is 18.2 Å². The first kappa shape index (κ1) is 12.1. The smallest absolute Gasteiger partial charge is 0.143 e. The van der Waals surface area contributed by atoms with Gasteiger partial charge in [-0.1, -0.05) is 19.8 Å². The Balaban J connectivity index is 1.94. The summed E-state index contributed by atoms with van der Waals surface area (Å²) in [6.07, 6.45) is 4.09. The Hall–Kier alpha value is -1.38. The van der Waals surface area contributed by atoms with Gasteiger partial charge in [0, 0.05) is 18.3 Å². The molecular formula is C14H22N2O. The number of ether oxygens (including phenoxy) is 1. The van der Waals surface area contributed by atoms with Crippen molar-refractivity contribution in [1.82, 2.24) is 0 Å². The summed E-state index contributed by atoms with van der Waals surface area (Å²) in [5, 5.41) is 3.48. The molecule has 1 aliphatic carbocycles. The van der Waals surface area contributed by atoms with E-state index in [-0.39, 0.29) is 0 Å². The van der Waals surface area contributed by atoms with E-state index in [0.717, 1.165) is 29.8 Å². The van der Waals surface area contributed by atoms with E-state index in [2.05, 4.69) is 12.2 Å². The van der Waals surface area contributed by atoms with Gasteiger partial charge in [0.15, 0.2) is 0 Å². The molecular weight excluding hydrogens is 212 g/mol. The maximum Gasteiger partial charge on any atom is 0.143 e. The third kappa shape index (κ3) is 2.84. The maximum atomic E-state index is 5.79. The predicted octanol–water partition coefficient (Wildman–Crippen LogP) is 3.13. The van der Waals surface area contributed by atoms with Crippen molar-refractivity contribution in [2.24, 2.45) is 11.8 Å². The summed E-state index contributed by atoms with van der Waals surface area (Å²) in [7, 11) is 1.65. The zero-order chi connectivity index (χ0) is 12.3. The molecule has 1 saturated carbocycles. The molecule has 1 aliphatic rings. The molecule has 0 aromatic heterocycles. The number of rotatable bonds is 4. The maximum absolute atomic E-state index is 5.79. The molecule has 0 radical (unpaired) electrons. The molecule has 1 aromatic carbocycles. The van der Waals surface area contributed by atoms with E-state index >= 15 is 0 Å².